The Bertz CT molecular complexity index is 532. The van der Waals surface area contributed by atoms with Gasteiger partial charge in [-0.25, -0.2) is 0 Å². The lowest BCUT2D eigenvalue weighted by molar-refractivity contribution is 0.0319. The standard InChI is InChI=1S/C18H25N3/c1-14-4-2-3-5-17(14)18(13-20)8-6-16(7-9-18)21-11-15(10-19)12-21/h2-5,15-16H,6-12,19H2,1H3. The van der Waals surface area contributed by atoms with E-state index in [1.54, 1.807) is 0 Å². The van der Waals surface area contributed by atoms with Crippen LogP contribution in [0.4, 0.5) is 0 Å². The number of rotatable bonds is 3. The van der Waals surface area contributed by atoms with Gasteiger partial charge < -0.3 is 5.73 Å². The van der Waals surface area contributed by atoms with Gasteiger partial charge in [-0.2, -0.15) is 5.26 Å². The molecule has 1 heterocycles. The van der Waals surface area contributed by atoms with Crippen molar-refractivity contribution in [2.75, 3.05) is 19.6 Å². The Morgan fingerprint density at radius 1 is 1.29 bits per heavy atom. The molecule has 0 aromatic heterocycles. The average molecular weight is 283 g/mol. The van der Waals surface area contributed by atoms with Crippen LogP contribution in [0.5, 0.6) is 0 Å². The van der Waals surface area contributed by atoms with E-state index in [-0.39, 0.29) is 5.41 Å². The van der Waals surface area contributed by atoms with Gasteiger partial charge in [0.2, 0.25) is 0 Å². The Kier molecular flexibility index (Phi) is 4.01. The molecule has 3 rings (SSSR count). The molecule has 0 amide bonds. The summed E-state index contributed by atoms with van der Waals surface area (Å²) in [6.07, 6.45) is 4.25. The summed E-state index contributed by atoms with van der Waals surface area (Å²) >= 11 is 0. The highest BCUT2D eigenvalue weighted by molar-refractivity contribution is 5.39. The minimum Gasteiger partial charge on any atom is -0.330 e. The van der Waals surface area contributed by atoms with Crippen LogP contribution in [-0.4, -0.2) is 30.6 Å². The fourth-order valence-corrected chi connectivity index (χ4v) is 4.07. The van der Waals surface area contributed by atoms with Gasteiger partial charge in [-0.15, -0.1) is 0 Å². The summed E-state index contributed by atoms with van der Waals surface area (Å²) in [7, 11) is 0. The zero-order chi connectivity index (χ0) is 14.9. The fourth-order valence-electron chi connectivity index (χ4n) is 4.07. The zero-order valence-corrected chi connectivity index (χ0v) is 12.9. The van der Waals surface area contributed by atoms with Crippen LogP contribution >= 0.6 is 0 Å². The number of nitrogens with two attached hydrogens (primary N) is 1. The summed E-state index contributed by atoms with van der Waals surface area (Å²) in [5.74, 6) is 0.698. The molecule has 21 heavy (non-hydrogen) atoms. The highest BCUT2D eigenvalue weighted by Gasteiger charge is 2.41. The van der Waals surface area contributed by atoms with Gasteiger partial charge in [0.15, 0.2) is 0 Å². The minimum absolute atomic E-state index is 0.264. The van der Waals surface area contributed by atoms with E-state index in [1.807, 2.05) is 0 Å². The second kappa shape index (κ2) is 5.79. The van der Waals surface area contributed by atoms with Gasteiger partial charge in [0.1, 0.15) is 0 Å². The van der Waals surface area contributed by atoms with Gasteiger partial charge in [0, 0.05) is 19.1 Å². The van der Waals surface area contributed by atoms with E-state index in [0.29, 0.717) is 12.0 Å². The molecule has 0 spiro atoms. The first-order chi connectivity index (χ1) is 10.2. The topological polar surface area (TPSA) is 53.0 Å². The molecule has 3 nitrogen and oxygen atoms in total. The summed E-state index contributed by atoms with van der Waals surface area (Å²) < 4.78 is 0. The van der Waals surface area contributed by atoms with E-state index < -0.39 is 0 Å². The Balaban J connectivity index is 1.69. The first-order valence-corrected chi connectivity index (χ1v) is 8.10. The maximum atomic E-state index is 9.82. The van der Waals surface area contributed by atoms with Gasteiger partial charge in [0.05, 0.1) is 11.5 Å². The lowest BCUT2D eigenvalue weighted by Crippen LogP contribution is -2.55. The van der Waals surface area contributed by atoms with Crippen molar-refractivity contribution in [3.05, 3.63) is 35.4 Å². The fraction of sp³-hybridized carbons (Fsp3) is 0.611. The quantitative estimate of drug-likeness (QED) is 0.927. The van der Waals surface area contributed by atoms with Crippen LogP contribution in [0.3, 0.4) is 0 Å². The first kappa shape index (κ1) is 14.6. The van der Waals surface area contributed by atoms with Crippen molar-refractivity contribution in [3.63, 3.8) is 0 Å². The molecule has 1 aliphatic heterocycles. The summed E-state index contributed by atoms with van der Waals surface area (Å²) in [5.41, 5.74) is 7.95. The number of nitriles is 1. The third kappa shape index (κ3) is 2.59. The summed E-state index contributed by atoms with van der Waals surface area (Å²) in [6, 6.07) is 11.7. The second-order valence-corrected chi connectivity index (χ2v) is 6.80. The summed E-state index contributed by atoms with van der Waals surface area (Å²) in [6.45, 7) is 5.26. The van der Waals surface area contributed by atoms with Gasteiger partial charge in [-0.3, -0.25) is 4.90 Å². The van der Waals surface area contributed by atoms with E-state index in [4.69, 9.17) is 5.73 Å². The van der Waals surface area contributed by atoms with E-state index in [0.717, 1.165) is 45.3 Å². The maximum absolute atomic E-state index is 9.82. The van der Waals surface area contributed by atoms with Crippen LogP contribution in [0.2, 0.25) is 0 Å². The van der Waals surface area contributed by atoms with Gasteiger partial charge in [-0.05, 0) is 56.2 Å². The van der Waals surface area contributed by atoms with E-state index >= 15 is 0 Å². The van der Waals surface area contributed by atoms with Crippen LogP contribution in [0.25, 0.3) is 0 Å². The van der Waals surface area contributed by atoms with Gasteiger partial charge in [0.25, 0.3) is 0 Å². The third-order valence-corrected chi connectivity index (χ3v) is 5.52. The number of nitrogens with zero attached hydrogens (tertiary/aromatic N) is 2. The number of benzene rings is 1. The number of hydrogen-bond acceptors (Lipinski definition) is 3. The molecule has 112 valence electrons. The van der Waals surface area contributed by atoms with Crippen molar-refractivity contribution in [2.45, 2.75) is 44.1 Å². The summed E-state index contributed by atoms with van der Waals surface area (Å²) in [4.78, 5) is 2.57. The van der Waals surface area contributed by atoms with Crippen molar-refractivity contribution in [1.82, 2.24) is 4.90 Å². The number of likely N-dealkylation sites (tertiary alicyclic amines) is 1. The second-order valence-electron chi connectivity index (χ2n) is 6.80. The Morgan fingerprint density at radius 2 is 1.95 bits per heavy atom. The number of hydrogen-bond donors (Lipinski definition) is 1. The average Bonchev–Trinajstić information content (AvgIpc) is 2.48. The predicted molar refractivity (Wildman–Crippen MR) is 84.8 cm³/mol. The highest BCUT2D eigenvalue weighted by atomic mass is 15.2. The molecule has 0 bridgehead atoms. The number of aryl methyl sites for hydroxylation is 1. The van der Waals surface area contributed by atoms with Crippen LogP contribution < -0.4 is 5.73 Å². The van der Waals surface area contributed by atoms with Crippen molar-refractivity contribution in [2.24, 2.45) is 11.7 Å². The normalized spacial score (nSPS) is 30.6. The van der Waals surface area contributed by atoms with Crippen LogP contribution in [-0.2, 0) is 5.41 Å². The molecule has 2 fully saturated rings. The molecule has 2 N–H and O–H groups in total. The van der Waals surface area contributed by atoms with Gasteiger partial charge >= 0.3 is 0 Å². The largest absolute Gasteiger partial charge is 0.330 e. The molecule has 0 atom stereocenters. The molecule has 0 radical (unpaired) electrons. The van der Waals surface area contributed by atoms with E-state index in [2.05, 4.69) is 42.2 Å². The Labute approximate surface area is 127 Å². The van der Waals surface area contributed by atoms with Crippen molar-refractivity contribution >= 4 is 0 Å². The zero-order valence-electron chi connectivity index (χ0n) is 12.9. The van der Waals surface area contributed by atoms with Crippen molar-refractivity contribution in [1.29, 1.82) is 5.26 Å². The lowest BCUT2D eigenvalue weighted by Gasteiger charge is -2.48. The minimum atomic E-state index is -0.264. The van der Waals surface area contributed by atoms with Crippen LogP contribution in [0.15, 0.2) is 24.3 Å². The molecule has 1 aliphatic carbocycles. The van der Waals surface area contributed by atoms with Gasteiger partial charge in [-0.1, -0.05) is 24.3 Å². The van der Waals surface area contributed by atoms with Crippen LogP contribution in [0, 0.1) is 24.2 Å². The van der Waals surface area contributed by atoms with E-state index in [1.165, 1.54) is 11.1 Å². The lowest BCUT2D eigenvalue weighted by atomic mass is 9.67. The molecular weight excluding hydrogens is 258 g/mol. The smallest absolute Gasteiger partial charge is 0.0826 e. The Hall–Kier alpha value is -1.37. The third-order valence-electron chi connectivity index (χ3n) is 5.52. The molecular formula is C18H25N3. The highest BCUT2D eigenvalue weighted by Crippen LogP contribution is 2.42. The first-order valence-electron chi connectivity index (χ1n) is 8.10. The van der Waals surface area contributed by atoms with Crippen molar-refractivity contribution in [3.8, 4) is 6.07 Å². The molecule has 1 aromatic carbocycles. The SMILES string of the molecule is Cc1ccccc1C1(C#N)CCC(N2CC(CN)C2)CC1. The van der Waals surface area contributed by atoms with Crippen LogP contribution in [0.1, 0.15) is 36.8 Å². The monoisotopic (exact) mass is 283 g/mol. The Morgan fingerprint density at radius 3 is 2.52 bits per heavy atom. The molecule has 3 heteroatoms. The maximum Gasteiger partial charge on any atom is 0.0826 e. The van der Waals surface area contributed by atoms with E-state index in [9.17, 15) is 5.26 Å². The van der Waals surface area contributed by atoms with Crippen molar-refractivity contribution < 1.29 is 0 Å². The predicted octanol–water partition coefficient (Wildman–Crippen LogP) is 2.59. The molecule has 1 saturated carbocycles. The molecule has 1 saturated heterocycles. The molecule has 1 aromatic rings. The molecule has 0 unspecified atom stereocenters. The summed E-state index contributed by atoms with van der Waals surface area (Å²) in [5, 5.41) is 9.82. The molecule has 2 aliphatic rings.